The Balaban J connectivity index is 2.07. The number of nitrogens with zero attached hydrogens (tertiary/aromatic N) is 2. The Labute approximate surface area is 99.4 Å². The van der Waals surface area contributed by atoms with Crippen LogP contribution in [0.15, 0.2) is 18.3 Å². The maximum absolute atomic E-state index is 10.6. The first-order valence-electron chi connectivity index (χ1n) is 5.79. The average Bonchev–Trinajstić information content (AvgIpc) is 2.32. The summed E-state index contributed by atoms with van der Waals surface area (Å²) < 4.78 is 0. The summed E-state index contributed by atoms with van der Waals surface area (Å²) in [6.07, 6.45) is 5.72. The minimum absolute atomic E-state index is 0.0480. The molecule has 92 valence electrons. The van der Waals surface area contributed by atoms with E-state index in [2.05, 4.69) is 10.3 Å². The molecule has 1 saturated carbocycles. The lowest BCUT2D eigenvalue weighted by Crippen LogP contribution is -2.42. The van der Waals surface area contributed by atoms with Crippen LogP contribution < -0.4 is 11.1 Å². The number of hydrogen-bond donors (Lipinski definition) is 2. The highest BCUT2D eigenvalue weighted by Gasteiger charge is 2.22. The van der Waals surface area contributed by atoms with E-state index in [4.69, 9.17) is 5.73 Å². The normalized spacial score (nSPS) is 24.3. The van der Waals surface area contributed by atoms with Gasteiger partial charge in [0.15, 0.2) is 0 Å². The number of pyridine rings is 1. The van der Waals surface area contributed by atoms with Gasteiger partial charge in [0.2, 0.25) is 0 Å². The van der Waals surface area contributed by atoms with Gasteiger partial charge in [-0.05, 0) is 12.8 Å². The van der Waals surface area contributed by atoms with Gasteiger partial charge in [0.05, 0.1) is 11.0 Å². The van der Waals surface area contributed by atoms with Gasteiger partial charge < -0.3 is 11.1 Å². The van der Waals surface area contributed by atoms with Crippen molar-refractivity contribution in [1.82, 2.24) is 4.98 Å². The van der Waals surface area contributed by atoms with Crippen molar-refractivity contribution in [2.45, 2.75) is 37.8 Å². The van der Waals surface area contributed by atoms with Gasteiger partial charge in [-0.1, -0.05) is 12.8 Å². The molecule has 1 aromatic rings. The summed E-state index contributed by atoms with van der Waals surface area (Å²) in [5.41, 5.74) is 6.05. The molecule has 0 amide bonds. The SMILES string of the molecule is N[C@@H]1CCCC[C@H]1Nc1cc([N+](=O)[O-])ccn1. The molecule has 6 heteroatoms. The van der Waals surface area contributed by atoms with Crippen molar-refractivity contribution in [3.8, 4) is 0 Å². The van der Waals surface area contributed by atoms with Gasteiger partial charge in [-0.2, -0.15) is 0 Å². The Kier molecular flexibility index (Phi) is 3.53. The highest BCUT2D eigenvalue weighted by molar-refractivity contribution is 5.45. The summed E-state index contributed by atoms with van der Waals surface area (Å²) in [6, 6.07) is 3.09. The molecule has 1 fully saturated rings. The van der Waals surface area contributed by atoms with Gasteiger partial charge in [0.1, 0.15) is 5.82 Å². The molecular weight excluding hydrogens is 220 g/mol. The predicted molar refractivity (Wildman–Crippen MR) is 64.7 cm³/mol. The van der Waals surface area contributed by atoms with Crippen LogP contribution in [0.25, 0.3) is 0 Å². The fourth-order valence-electron chi connectivity index (χ4n) is 2.14. The lowest BCUT2D eigenvalue weighted by Gasteiger charge is -2.29. The zero-order valence-corrected chi connectivity index (χ0v) is 9.50. The van der Waals surface area contributed by atoms with Crippen LogP contribution in [0.4, 0.5) is 11.5 Å². The monoisotopic (exact) mass is 236 g/mol. The van der Waals surface area contributed by atoms with Crippen LogP contribution in [-0.2, 0) is 0 Å². The third-order valence-corrected chi connectivity index (χ3v) is 3.11. The zero-order chi connectivity index (χ0) is 12.3. The fourth-order valence-corrected chi connectivity index (χ4v) is 2.14. The van der Waals surface area contributed by atoms with Gasteiger partial charge >= 0.3 is 0 Å². The highest BCUT2D eigenvalue weighted by Crippen LogP contribution is 2.21. The molecule has 6 nitrogen and oxygen atoms in total. The van der Waals surface area contributed by atoms with E-state index >= 15 is 0 Å². The van der Waals surface area contributed by atoms with Gasteiger partial charge in [0.25, 0.3) is 5.69 Å². The van der Waals surface area contributed by atoms with Crippen molar-refractivity contribution in [1.29, 1.82) is 0 Å². The maximum atomic E-state index is 10.6. The number of hydrogen-bond acceptors (Lipinski definition) is 5. The zero-order valence-electron chi connectivity index (χ0n) is 9.50. The quantitative estimate of drug-likeness (QED) is 0.615. The first-order chi connectivity index (χ1) is 8.16. The van der Waals surface area contributed by atoms with Crippen molar-refractivity contribution in [3.05, 3.63) is 28.4 Å². The number of rotatable bonds is 3. The van der Waals surface area contributed by atoms with Crippen molar-refractivity contribution in [2.24, 2.45) is 5.73 Å². The molecule has 2 rings (SSSR count). The van der Waals surface area contributed by atoms with E-state index in [0.29, 0.717) is 5.82 Å². The molecule has 2 atom stereocenters. The van der Waals surface area contributed by atoms with Gasteiger partial charge in [0, 0.05) is 24.3 Å². The van der Waals surface area contributed by atoms with E-state index < -0.39 is 4.92 Å². The molecule has 1 aromatic heterocycles. The van der Waals surface area contributed by atoms with Crippen LogP contribution >= 0.6 is 0 Å². The summed E-state index contributed by atoms with van der Waals surface area (Å²) in [5.74, 6) is 0.529. The largest absolute Gasteiger partial charge is 0.366 e. The number of anilines is 1. The van der Waals surface area contributed by atoms with E-state index in [-0.39, 0.29) is 17.8 Å². The topological polar surface area (TPSA) is 94.1 Å². The molecule has 3 N–H and O–H groups in total. The Hall–Kier alpha value is -1.69. The van der Waals surface area contributed by atoms with E-state index in [0.717, 1.165) is 25.7 Å². The van der Waals surface area contributed by atoms with Gasteiger partial charge in [-0.15, -0.1) is 0 Å². The summed E-state index contributed by atoms with van der Waals surface area (Å²) in [4.78, 5) is 14.3. The summed E-state index contributed by atoms with van der Waals surface area (Å²) >= 11 is 0. The molecule has 0 aliphatic heterocycles. The average molecular weight is 236 g/mol. The van der Waals surface area contributed by atoms with Crippen molar-refractivity contribution in [2.75, 3.05) is 5.32 Å². The standard InChI is InChI=1S/C11H16N4O2/c12-9-3-1-2-4-10(9)14-11-7-8(15(16)17)5-6-13-11/h5-7,9-10H,1-4,12H2,(H,13,14)/t9-,10-/m1/s1. The van der Waals surface area contributed by atoms with Crippen LogP contribution in [0.2, 0.25) is 0 Å². The Bertz CT molecular complexity index is 410. The van der Waals surface area contributed by atoms with Gasteiger partial charge in [-0.3, -0.25) is 10.1 Å². The van der Waals surface area contributed by atoms with Crippen LogP contribution in [-0.4, -0.2) is 22.0 Å². The molecule has 1 heterocycles. The molecule has 0 aromatic carbocycles. The maximum Gasteiger partial charge on any atom is 0.274 e. The molecule has 1 aliphatic carbocycles. The third-order valence-electron chi connectivity index (χ3n) is 3.11. The number of nitro groups is 1. The predicted octanol–water partition coefficient (Wildman–Crippen LogP) is 1.67. The van der Waals surface area contributed by atoms with E-state index in [1.54, 1.807) is 0 Å². The number of nitrogens with one attached hydrogen (secondary N) is 1. The Morgan fingerprint density at radius 3 is 2.94 bits per heavy atom. The molecule has 0 bridgehead atoms. The van der Waals surface area contributed by atoms with E-state index in [1.165, 1.54) is 18.3 Å². The third kappa shape index (κ3) is 2.91. The molecule has 0 unspecified atom stereocenters. The van der Waals surface area contributed by atoms with Crippen LogP contribution in [0, 0.1) is 10.1 Å². The lowest BCUT2D eigenvalue weighted by atomic mass is 9.91. The molecule has 0 radical (unpaired) electrons. The van der Waals surface area contributed by atoms with Crippen LogP contribution in [0.1, 0.15) is 25.7 Å². The summed E-state index contributed by atoms with van der Waals surface area (Å²) in [5, 5.41) is 13.8. The Morgan fingerprint density at radius 2 is 2.24 bits per heavy atom. The second kappa shape index (κ2) is 5.09. The number of aromatic nitrogens is 1. The molecule has 0 spiro atoms. The highest BCUT2D eigenvalue weighted by atomic mass is 16.6. The Morgan fingerprint density at radius 1 is 1.47 bits per heavy atom. The molecule has 17 heavy (non-hydrogen) atoms. The first-order valence-corrected chi connectivity index (χ1v) is 5.79. The minimum atomic E-state index is -0.423. The van der Waals surface area contributed by atoms with E-state index in [9.17, 15) is 10.1 Å². The summed E-state index contributed by atoms with van der Waals surface area (Å²) in [7, 11) is 0. The minimum Gasteiger partial charge on any atom is -0.366 e. The second-order valence-corrected chi connectivity index (χ2v) is 4.36. The van der Waals surface area contributed by atoms with Gasteiger partial charge in [-0.25, -0.2) is 4.98 Å². The smallest absolute Gasteiger partial charge is 0.274 e. The number of nitrogens with two attached hydrogens (primary N) is 1. The van der Waals surface area contributed by atoms with Crippen molar-refractivity contribution >= 4 is 11.5 Å². The van der Waals surface area contributed by atoms with E-state index in [1.807, 2.05) is 0 Å². The van der Waals surface area contributed by atoms with Crippen LogP contribution in [0.3, 0.4) is 0 Å². The summed E-state index contributed by atoms with van der Waals surface area (Å²) in [6.45, 7) is 0. The second-order valence-electron chi connectivity index (χ2n) is 4.36. The molecule has 0 saturated heterocycles. The molecular formula is C11H16N4O2. The van der Waals surface area contributed by atoms with Crippen molar-refractivity contribution < 1.29 is 4.92 Å². The molecule has 1 aliphatic rings. The van der Waals surface area contributed by atoms with Crippen LogP contribution in [0.5, 0.6) is 0 Å². The first kappa shape index (κ1) is 11.8. The fraction of sp³-hybridized carbons (Fsp3) is 0.545. The lowest BCUT2D eigenvalue weighted by molar-refractivity contribution is -0.384. The van der Waals surface area contributed by atoms with Crippen molar-refractivity contribution in [3.63, 3.8) is 0 Å².